The average molecular weight is 344 g/mol. The number of fused-ring (bicyclic) bond motifs is 2. The van der Waals surface area contributed by atoms with E-state index in [1.54, 1.807) is 17.9 Å². The molecule has 0 aliphatic heterocycles. The fourth-order valence-electron chi connectivity index (χ4n) is 2.91. The van der Waals surface area contributed by atoms with E-state index in [4.69, 9.17) is 4.98 Å². The Labute approximate surface area is 146 Å². The summed E-state index contributed by atoms with van der Waals surface area (Å²) in [5.41, 5.74) is 8.02. The van der Waals surface area contributed by atoms with Crippen molar-refractivity contribution in [1.82, 2.24) is 29.5 Å². The molecule has 1 aromatic carbocycles. The Balaban J connectivity index is 1.80. The van der Waals surface area contributed by atoms with Crippen molar-refractivity contribution in [3.05, 3.63) is 60.0 Å². The molecule has 0 aliphatic carbocycles. The summed E-state index contributed by atoms with van der Waals surface area (Å²) in [6.07, 6.45) is 3.39. The summed E-state index contributed by atoms with van der Waals surface area (Å²) in [5, 5.41) is 4.44. The highest BCUT2D eigenvalue weighted by Gasteiger charge is 2.19. The van der Waals surface area contributed by atoms with E-state index in [-0.39, 0.29) is 0 Å². The van der Waals surface area contributed by atoms with Crippen molar-refractivity contribution in [1.29, 1.82) is 0 Å². The third kappa shape index (κ3) is 2.28. The SMILES string of the molecule is Cc1cccc(-c2c(-c3ccc4nccnc4c3)nc3scnn23)n1. The van der Waals surface area contributed by atoms with Crippen LogP contribution in [0.2, 0.25) is 0 Å². The molecule has 0 radical (unpaired) electrons. The van der Waals surface area contributed by atoms with Crippen molar-refractivity contribution in [3.8, 4) is 22.6 Å². The van der Waals surface area contributed by atoms with Gasteiger partial charge in [0.25, 0.3) is 0 Å². The average Bonchev–Trinajstić information content (AvgIpc) is 3.22. The van der Waals surface area contributed by atoms with Gasteiger partial charge >= 0.3 is 0 Å². The first-order chi connectivity index (χ1) is 12.3. The van der Waals surface area contributed by atoms with Gasteiger partial charge in [0.2, 0.25) is 4.96 Å². The third-order valence-electron chi connectivity index (χ3n) is 4.02. The number of rotatable bonds is 2. The molecular weight excluding hydrogens is 332 g/mol. The number of aromatic nitrogens is 6. The summed E-state index contributed by atoms with van der Waals surface area (Å²) >= 11 is 1.50. The molecule has 5 rings (SSSR count). The zero-order valence-electron chi connectivity index (χ0n) is 13.3. The molecule has 0 atom stereocenters. The zero-order chi connectivity index (χ0) is 16.8. The lowest BCUT2D eigenvalue weighted by molar-refractivity contribution is 0.972. The lowest BCUT2D eigenvalue weighted by atomic mass is 10.1. The van der Waals surface area contributed by atoms with Crippen LogP contribution >= 0.6 is 11.3 Å². The second-order valence-corrected chi connectivity index (χ2v) is 6.48. The largest absolute Gasteiger partial charge is 0.253 e. The molecule has 0 bridgehead atoms. The fourth-order valence-corrected chi connectivity index (χ4v) is 3.53. The maximum Gasteiger partial charge on any atom is 0.213 e. The molecule has 0 saturated heterocycles. The summed E-state index contributed by atoms with van der Waals surface area (Å²) in [5.74, 6) is 0. The van der Waals surface area contributed by atoms with Crippen LogP contribution in [0.15, 0.2) is 54.3 Å². The van der Waals surface area contributed by atoms with Crippen LogP contribution in [-0.2, 0) is 0 Å². The van der Waals surface area contributed by atoms with Crippen molar-refractivity contribution in [2.45, 2.75) is 6.92 Å². The zero-order valence-corrected chi connectivity index (χ0v) is 14.1. The monoisotopic (exact) mass is 344 g/mol. The van der Waals surface area contributed by atoms with Crippen molar-refractivity contribution in [3.63, 3.8) is 0 Å². The van der Waals surface area contributed by atoms with Gasteiger partial charge in [-0.05, 0) is 31.2 Å². The first-order valence-electron chi connectivity index (χ1n) is 7.77. The van der Waals surface area contributed by atoms with Crippen LogP contribution in [0.1, 0.15) is 5.69 Å². The minimum absolute atomic E-state index is 0.840. The molecule has 120 valence electrons. The Morgan fingerprint density at radius 1 is 0.960 bits per heavy atom. The number of imidazole rings is 1. The van der Waals surface area contributed by atoms with Gasteiger partial charge in [-0.1, -0.05) is 23.5 Å². The van der Waals surface area contributed by atoms with E-state index in [2.05, 4.69) is 20.1 Å². The van der Waals surface area contributed by atoms with E-state index in [1.807, 2.05) is 47.8 Å². The van der Waals surface area contributed by atoms with E-state index < -0.39 is 0 Å². The first kappa shape index (κ1) is 14.2. The van der Waals surface area contributed by atoms with E-state index in [0.29, 0.717) is 0 Å². The molecule has 0 saturated carbocycles. The maximum atomic E-state index is 4.79. The molecule has 25 heavy (non-hydrogen) atoms. The van der Waals surface area contributed by atoms with Crippen LogP contribution in [0.25, 0.3) is 38.6 Å². The van der Waals surface area contributed by atoms with Crippen LogP contribution in [0.5, 0.6) is 0 Å². The molecule has 4 aromatic heterocycles. The quantitative estimate of drug-likeness (QED) is 0.487. The second kappa shape index (κ2) is 5.42. The highest BCUT2D eigenvalue weighted by molar-refractivity contribution is 7.14. The molecule has 0 amide bonds. The molecule has 0 aliphatic rings. The highest BCUT2D eigenvalue weighted by atomic mass is 32.1. The van der Waals surface area contributed by atoms with Gasteiger partial charge in [-0.3, -0.25) is 15.0 Å². The van der Waals surface area contributed by atoms with E-state index in [9.17, 15) is 0 Å². The number of aryl methyl sites for hydroxylation is 1. The number of pyridine rings is 1. The Hall–Kier alpha value is -3.19. The molecule has 0 spiro atoms. The number of nitrogens with zero attached hydrogens (tertiary/aromatic N) is 6. The number of benzene rings is 1. The molecule has 6 nitrogen and oxygen atoms in total. The Kier molecular flexibility index (Phi) is 3.07. The van der Waals surface area contributed by atoms with Gasteiger partial charge in [0.1, 0.15) is 16.9 Å². The van der Waals surface area contributed by atoms with Crippen molar-refractivity contribution < 1.29 is 0 Å². The highest BCUT2D eigenvalue weighted by Crippen LogP contribution is 2.33. The van der Waals surface area contributed by atoms with E-state index >= 15 is 0 Å². The molecule has 7 heteroatoms. The maximum absolute atomic E-state index is 4.79. The number of hydrogen-bond acceptors (Lipinski definition) is 6. The molecule has 0 N–H and O–H groups in total. The van der Waals surface area contributed by atoms with Gasteiger partial charge < -0.3 is 0 Å². The van der Waals surface area contributed by atoms with E-state index in [0.717, 1.165) is 44.3 Å². The van der Waals surface area contributed by atoms with Crippen molar-refractivity contribution >= 4 is 27.3 Å². The molecular formula is C18H12N6S. The standard InChI is InChI=1S/C18H12N6S/c1-11-3-2-4-14(22-11)17-16(23-18-24(17)21-10-25-18)12-5-6-13-15(9-12)20-8-7-19-13/h2-10H,1H3. The molecule has 4 heterocycles. The summed E-state index contributed by atoms with van der Waals surface area (Å²) in [6.45, 7) is 1.98. The predicted octanol–water partition coefficient (Wildman–Crippen LogP) is 3.77. The van der Waals surface area contributed by atoms with E-state index in [1.165, 1.54) is 11.3 Å². The van der Waals surface area contributed by atoms with Gasteiger partial charge in [0.05, 0.1) is 16.7 Å². The topological polar surface area (TPSA) is 68.9 Å². The lowest BCUT2D eigenvalue weighted by Gasteiger charge is -2.05. The van der Waals surface area contributed by atoms with Gasteiger partial charge in [0, 0.05) is 23.7 Å². The smallest absolute Gasteiger partial charge is 0.213 e. The van der Waals surface area contributed by atoms with Gasteiger partial charge in [-0.25, -0.2) is 9.50 Å². The minimum atomic E-state index is 0.840. The van der Waals surface area contributed by atoms with Crippen LogP contribution in [0.4, 0.5) is 0 Å². The van der Waals surface area contributed by atoms with Gasteiger partial charge in [-0.2, -0.15) is 5.10 Å². The van der Waals surface area contributed by atoms with Crippen LogP contribution in [-0.4, -0.2) is 29.5 Å². The van der Waals surface area contributed by atoms with Crippen molar-refractivity contribution in [2.75, 3.05) is 0 Å². The third-order valence-corrected chi connectivity index (χ3v) is 4.69. The summed E-state index contributed by atoms with van der Waals surface area (Å²) in [6, 6.07) is 12.0. The van der Waals surface area contributed by atoms with Crippen molar-refractivity contribution in [2.24, 2.45) is 0 Å². The Bertz CT molecular complexity index is 1220. The lowest BCUT2D eigenvalue weighted by Crippen LogP contribution is -1.94. The molecule has 0 fully saturated rings. The van der Waals surface area contributed by atoms with Crippen LogP contribution < -0.4 is 0 Å². The Morgan fingerprint density at radius 3 is 2.72 bits per heavy atom. The fraction of sp³-hybridized carbons (Fsp3) is 0.0556. The van der Waals surface area contributed by atoms with Gasteiger partial charge in [0.15, 0.2) is 0 Å². The summed E-state index contributed by atoms with van der Waals surface area (Å²) in [7, 11) is 0. The predicted molar refractivity (Wildman–Crippen MR) is 97.4 cm³/mol. The minimum Gasteiger partial charge on any atom is -0.253 e. The second-order valence-electron chi connectivity index (χ2n) is 5.67. The molecule has 0 unspecified atom stereocenters. The summed E-state index contributed by atoms with van der Waals surface area (Å²) < 4.78 is 1.85. The first-order valence-corrected chi connectivity index (χ1v) is 8.65. The Morgan fingerprint density at radius 2 is 1.84 bits per heavy atom. The molecule has 5 aromatic rings. The van der Waals surface area contributed by atoms with Gasteiger partial charge in [-0.15, -0.1) is 0 Å². The summed E-state index contributed by atoms with van der Waals surface area (Å²) in [4.78, 5) is 19.0. The van der Waals surface area contributed by atoms with Crippen LogP contribution in [0.3, 0.4) is 0 Å². The van der Waals surface area contributed by atoms with Crippen LogP contribution in [0, 0.1) is 6.92 Å². The number of hydrogen-bond donors (Lipinski definition) is 0. The normalized spacial score (nSPS) is 11.4.